The number of aryl methyl sites for hydroxylation is 1. The van der Waals surface area contributed by atoms with Crippen molar-refractivity contribution in [3.63, 3.8) is 0 Å². The SMILES string of the molecule is CCCCCc1cc(O)c(I)c(O)c1. The van der Waals surface area contributed by atoms with Gasteiger partial charge in [-0.3, -0.25) is 0 Å². The molecule has 78 valence electrons. The summed E-state index contributed by atoms with van der Waals surface area (Å²) in [6, 6.07) is 3.47. The van der Waals surface area contributed by atoms with E-state index in [1.54, 1.807) is 12.1 Å². The van der Waals surface area contributed by atoms with E-state index in [0.29, 0.717) is 3.57 Å². The highest BCUT2D eigenvalue weighted by molar-refractivity contribution is 14.1. The van der Waals surface area contributed by atoms with E-state index >= 15 is 0 Å². The maximum absolute atomic E-state index is 9.47. The van der Waals surface area contributed by atoms with Gasteiger partial charge in [-0.25, -0.2) is 0 Å². The second-order valence-electron chi connectivity index (χ2n) is 3.41. The normalized spacial score (nSPS) is 10.4. The Bertz CT molecular complexity index is 287. The fourth-order valence-electron chi connectivity index (χ4n) is 1.37. The molecule has 2 N–H and O–H groups in total. The molecule has 1 aromatic rings. The molecule has 0 aliphatic heterocycles. The number of phenolic OH excluding ortho intramolecular Hbond substituents is 2. The molecular weight excluding hydrogens is 291 g/mol. The fraction of sp³-hybridized carbons (Fsp3) is 0.455. The lowest BCUT2D eigenvalue weighted by Crippen LogP contribution is -1.87. The number of aromatic hydroxyl groups is 2. The smallest absolute Gasteiger partial charge is 0.132 e. The zero-order valence-electron chi connectivity index (χ0n) is 8.26. The van der Waals surface area contributed by atoms with Gasteiger partial charge in [0, 0.05) is 0 Å². The lowest BCUT2D eigenvalue weighted by atomic mass is 10.1. The largest absolute Gasteiger partial charge is 0.507 e. The Morgan fingerprint density at radius 3 is 2.21 bits per heavy atom. The van der Waals surface area contributed by atoms with Gasteiger partial charge in [0.15, 0.2) is 0 Å². The van der Waals surface area contributed by atoms with E-state index in [-0.39, 0.29) is 11.5 Å². The first-order valence-electron chi connectivity index (χ1n) is 4.85. The fourth-order valence-corrected chi connectivity index (χ4v) is 1.69. The summed E-state index contributed by atoms with van der Waals surface area (Å²) in [4.78, 5) is 0. The highest BCUT2D eigenvalue weighted by atomic mass is 127. The molecule has 0 aliphatic rings. The van der Waals surface area contributed by atoms with Crippen LogP contribution in [0.4, 0.5) is 0 Å². The van der Waals surface area contributed by atoms with Gasteiger partial charge >= 0.3 is 0 Å². The van der Waals surface area contributed by atoms with Gasteiger partial charge in [0.1, 0.15) is 11.5 Å². The van der Waals surface area contributed by atoms with Crippen LogP contribution in [0.2, 0.25) is 0 Å². The number of hydrogen-bond donors (Lipinski definition) is 2. The van der Waals surface area contributed by atoms with E-state index in [1.165, 1.54) is 12.8 Å². The van der Waals surface area contributed by atoms with Gasteiger partial charge in [-0.05, 0) is 53.1 Å². The van der Waals surface area contributed by atoms with Gasteiger partial charge in [0.25, 0.3) is 0 Å². The predicted octanol–water partition coefficient (Wildman–Crippen LogP) is 3.44. The van der Waals surface area contributed by atoms with Crippen molar-refractivity contribution in [3.8, 4) is 11.5 Å². The number of rotatable bonds is 4. The summed E-state index contributed by atoms with van der Waals surface area (Å²) in [5, 5.41) is 18.9. The maximum atomic E-state index is 9.47. The Hall–Kier alpha value is -0.450. The minimum absolute atomic E-state index is 0.178. The molecule has 0 spiro atoms. The summed E-state index contributed by atoms with van der Waals surface area (Å²) in [5.41, 5.74) is 1.01. The van der Waals surface area contributed by atoms with Crippen LogP contribution in [-0.4, -0.2) is 10.2 Å². The van der Waals surface area contributed by atoms with Crippen molar-refractivity contribution in [1.29, 1.82) is 0 Å². The van der Waals surface area contributed by atoms with Crippen LogP contribution in [0.5, 0.6) is 11.5 Å². The zero-order valence-corrected chi connectivity index (χ0v) is 10.4. The van der Waals surface area contributed by atoms with Crippen molar-refractivity contribution in [2.75, 3.05) is 0 Å². The topological polar surface area (TPSA) is 40.5 Å². The number of hydrogen-bond acceptors (Lipinski definition) is 2. The van der Waals surface area contributed by atoms with Gasteiger partial charge in [-0.1, -0.05) is 19.8 Å². The van der Waals surface area contributed by atoms with Crippen LogP contribution < -0.4 is 0 Å². The molecule has 0 saturated carbocycles. The molecule has 0 atom stereocenters. The molecule has 0 saturated heterocycles. The second-order valence-corrected chi connectivity index (χ2v) is 4.48. The molecule has 0 aliphatic carbocycles. The first-order valence-corrected chi connectivity index (χ1v) is 5.93. The van der Waals surface area contributed by atoms with Crippen LogP contribution in [0.1, 0.15) is 31.7 Å². The number of halogens is 1. The second kappa shape index (κ2) is 5.44. The van der Waals surface area contributed by atoms with E-state index in [9.17, 15) is 10.2 Å². The lowest BCUT2D eigenvalue weighted by molar-refractivity contribution is 0.442. The van der Waals surface area contributed by atoms with Gasteiger partial charge in [0.2, 0.25) is 0 Å². The van der Waals surface area contributed by atoms with E-state index in [0.717, 1.165) is 18.4 Å². The van der Waals surface area contributed by atoms with Crippen LogP contribution in [0, 0.1) is 3.57 Å². The first kappa shape index (κ1) is 11.6. The van der Waals surface area contributed by atoms with E-state index in [2.05, 4.69) is 6.92 Å². The molecule has 0 fully saturated rings. The summed E-state index contributed by atoms with van der Waals surface area (Å²) in [5.74, 6) is 0.356. The van der Waals surface area contributed by atoms with Crippen LogP contribution in [0.3, 0.4) is 0 Å². The Balaban J connectivity index is 2.69. The third kappa shape index (κ3) is 3.04. The van der Waals surface area contributed by atoms with Gasteiger partial charge < -0.3 is 10.2 Å². The van der Waals surface area contributed by atoms with E-state index in [1.807, 2.05) is 22.6 Å². The molecule has 0 bridgehead atoms. The molecule has 1 aromatic carbocycles. The molecule has 0 amide bonds. The average molecular weight is 306 g/mol. The van der Waals surface area contributed by atoms with Gasteiger partial charge in [-0.2, -0.15) is 0 Å². The lowest BCUT2D eigenvalue weighted by Gasteiger charge is -2.05. The first-order chi connectivity index (χ1) is 6.65. The van der Waals surface area contributed by atoms with Crippen molar-refractivity contribution in [2.24, 2.45) is 0 Å². The molecule has 0 heterocycles. The predicted molar refractivity (Wildman–Crippen MR) is 65.7 cm³/mol. The molecule has 3 heteroatoms. The average Bonchev–Trinajstić information content (AvgIpc) is 2.14. The Labute approximate surface area is 98.1 Å². The summed E-state index contributed by atoms with van der Waals surface area (Å²) in [6.45, 7) is 2.16. The van der Waals surface area contributed by atoms with Gasteiger partial charge in [0.05, 0.1) is 3.57 Å². The Kier molecular flexibility index (Phi) is 4.51. The quantitative estimate of drug-likeness (QED) is 0.661. The highest BCUT2D eigenvalue weighted by Gasteiger charge is 2.05. The van der Waals surface area contributed by atoms with Crippen LogP contribution in [-0.2, 0) is 6.42 Å². The summed E-state index contributed by atoms with van der Waals surface area (Å²) in [7, 11) is 0. The molecule has 0 radical (unpaired) electrons. The molecule has 0 unspecified atom stereocenters. The Morgan fingerprint density at radius 1 is 1.14 bits per heavy atom. The van der Waals surface area contributed by atoms with Crippen molar-refractivity contribution in [3.05, 3.63) is 21.3 Å². The Morgan fingerprint density at radius 2 is 1.71 bits per heavy atom. The molecular formula is C11H15IO2. The standard InChI is InChI=1S/C11H15IO2/c1-2-3-4-5-8-6-9(13)11(12)10(14)7-8/h6-7,13-14H,2-5H2,1H3. The van der Waals surface area contributed by atoms with Crippen molar-refractivity contribution in [2.45, 2.75) is 32.6 Å². The minimum atomic E-state index is 0.178. The van der Waals surface area contributed by atoms with Gasteiger partial charge in [-0.15, -0.1) is 0 Å². The number of benzene rings is 1. The van der Waals surface area contributed by atoms with E-state index in [4.69, 9.17) is 0 Å². The highest BCUT2D eigenvalue weighted by Crippen LogP contribution is 2.30. The zero-order chi connectivity index (χ0) is 10.6. The van der Waals surface area contributed by atoms with Crippen LogP contribution in [0.15, 0.2) is 12.1 Å². The monoisotopic (exact) mass is 306 g/mol. The third-order valence-corrected chi connectivity index (χ3v) is 3.27. The van der Waals surface area contributed by atoms with Crippen LogP contribution in [0.25, 0.3) is 0 Å². The maximum Gasteiger partial charge on any atom is 0.132 e. The molecule has 0 aromatic heterocycles. The summed E-state index contributed by atoms with van der Waals surface area (Å²) >= 11 is 1.93. The van der Waals surface area contributed by atoms with Crippen molar-refractivity contribution in [1.82, 2.24) is 0 Å². The summed E-state index contributed by atoms with van der Waals surface area (Å²) in [6.07, 6.45) is 4.40. The van der Waals surface area contributed by atoms with Crippen LogP contribution >= 0.6 is 22.6 Å². The molecule has 2 nitrogen and oxygen atoms in total. The van der Waals surface area contributed by atoms with Crippen molar-refractivity contribution < 1.29 is 10.2 Å². The molecule has 14 heavy (non-hydrogen) atoms. The van der Waals surface area contributed by atoms with Crippen molar-refractivity contribution >= 4 is 22.6 Å². The number of phenols is 2. The number of unbranched alkanes of at least 4 members (excludes halogenated alkanes) is 2. The molecule has 1 rings (SSSR count). The summed E-state index contributed by atoms with van der Waals surface area (Å²) < 4.78 is 0.529. The van der Waals surface area contributed by atoms with E-state index < -0.39 is 0 Å². The minimum Gasteiger partial charge on any atom is -0.507 e. The third-order valence-electron chi connectivity index (χ3n) is 2.16.